The van der Waals surface area contributed by atoms with Crippen molar-refractivity contribution in [3.63, 3.8) is 0 Å². The molecule has 1 saturated heterocycles. The minimum atomic E-state index is -3.42. The van der Waals surface area contributed by atoms with E-state index in [9.17, 15) is 23.1 Å². The SMILES string of the molecule is CCS(=O)(=O)c1cccc(C(=O)N2CC(C(=O)O)C(c3ccccc3)C2)c1. The minimum absolute atomic E-state index is 0.0501. The number of benzene rings is 2. The number of hydrogen-bond donors (Lipinski definition) is 1. The van der Waals surface area contributed by atoms with Gasteiger partial charge in [-0.1, -0.05) is 43.3 Å². The molecule has 3 rings (SSSR count). The van der Waals surface area contributed by atoms with Gasteiger partial charge in [-0.2, -0.15) is 0 Å². The van der Waals surface area contributed by atoms with Crippen molar-refractivity contribution in [3.05, 3.63) is 65.7 Å². The highest BCUT2D eigenvalue weighted by atomic mass is 32.2. The third-order valence-corrected chi connectivity index (χ3v) is 6.70. The van der Waals surface area contributed by atoms with Crippen LogP contribution in [0.15, 0.2) is 59.5 Å². The second-order valence-corrected chi connectivity index (χ2v) is 8.88. The number of nitrogens with zero attached hydrogens (tertiary/aromatic N) is 1. The molecule has 0 radical (unpaired) electrons. The van der Waals surface area contributed by atoms with Crippen LogP contribution in [0.5, 0.6) is 0 Å². The zero-order valence-electron chi connectivity index (χ0n) is 14.9. The normalized spacial score (nSPS) is 19.8. The van der Waals surface area contributed by atoms with Crippen LogP contribution >= 0.6 is 0 Å². The molecule has 7 heteroatoms. The van der Waals surface area contributed by atoms with E-state index in [1.54, 1.807) is 13.0 Å². The molecular formula is C20H21NO5S. The molecule has 0 saturated carbocycles. The lowest BCUT2D eigenvalue weighted by atomic mass is 9.89. The van der Waals surface area contributed by atoms with Gasteiger partial charge in [0.25, 0.3) is 5.91 Å². The summed E-state index contributed by atoms with van der Waals surface area (Å²) < 4.78 is 24.1. The van der Waals surface area contributed by atoms with Gasteiger partial charge in [-0.25, -0.2) is 8.42 Å². The average Bonchev–Trinajstić information content (AvgIpc) is 3.14. The highest BCUT2D eigenvalue weighted by molar-refractivity contribution is 7.91. The standard InChI is InChI=1S/C20H21NO5S/c1-2-27(25,26)16-10-6-9-15(11-16)19(22)21-12-17(18(13-21)20(23)24)14-7-4-3-5-8-14/h3-11,17-18H,2,12-13H2,1H3,(H,23,24). The zero-order chi connectivity index (χ0) is 19.6. The molecule has 1 fully saturated rings. The highest BCUT2D eigenvalue weighted by Gasteiger charge is 2.40. The van der Waals surface area contributed by atoms with Crippen molar-refractivity contribution in [3.8, 4) is 0 Å². The summed E-state index contributed by atoms with van der Waals surface area (Å²) in [7, 11) is -3.42. The molecule has 0 spiro atoms. The Labute approximate surface area is 158 Å². The van der Waals surface area contributed by atoms with Gasteiger partial charge in [-0.05, 0) is 23.8 Å². The molecule has 0 aliphatic carbocycles. The molecule has 1 aliphatic rings. The first-order chi connectivity index (χ1) is 12.8. The van der Waals surface area contributed by atoms with Crippen molar-refractivity contribution in [2.24, 2.45) is 5.92 Å². The second kappa shape index (κ2) is 7.52. The molecule has 6 nitrogen and oxygen atoms in total. The van der Waals surface area contributed by atoms with Crippen LogP contribution in [0.1, 0.15) is 28.8 Å². The van der Waals surface area contributed by atoms with E-state index in [0.717, 1.165) is 5.56 Å². The Kier molecular flexibility index (Phi) is 5.32. The van der Waals surface area contributed by atoms with Crippen molar-refractivity contribution in [1.29, 1.82) is 0 Å². The van der Waals surface area contributed by atoms with E-state index in [1.807, 2.05) is 30.3 Å². The summed E-state index contributed by atoms with van der Waals surface area (Å²) >= 11 is 0. The van der Waals surface area contributed by atoms with Gasteiger partial charge in [-0.3, -0.25) is 9.59 Å². The van der Waals surface area contributed by atoms with E-state index in [2.05, 4.69) is 0 Å². The van der Waals surface area contributed by atoms with Crippen LogP contribution in [-0.2, 0) is 14.6 Å². The predicted octanol–water partition coefficient (Wildman–Crippen LogP) is 2.42. The molecule has 2 unspecified atom stereocenters. The number of sulfone groups is 1. The number of hydrogen-bond acceptors (Lipinski definition) is 4. The summed E-state index contributed by atoms with van der Waals surface area (Å²) in [5.41, 5.74) is 1.13. The summed E-state index contributed by atoms with van der Waals surface area (Å²) in [4.78, 5) is 26.2. The van der Waals surface area contributed by atoms with Crippen molar-refractivity contribution < 1.29 is 23.1 Å². The number of amides is 1. The van der Waals surface area contributed by atoms with Gasteiger partial charge >= 0.3 is 5.97 Å². The first kappa shape index (κ1) is 19.1. The van der Waals surface area contributed by atoms with Crippen molar-refractivity contribution in [2.45, 2.75) is 17.7 Å². The fourth-order valence-electron chi connectivity index (χ4n) is 3.43. The zero-order valence-corrected chi connectivity index (χ0v) is 15.7. The number of likely N-dealkylation sites (tertiary alicyclic amines) is 1. The van der Waals surface area contributed by atoms with Crippen LogP contribution in [0.4, 0.5) is 0 Å². The number of aliphatic carboxylic acids is 1. The van der Waals surface area contributed by atoms with Crippen LogP contribution in [0.2, 0.25) is 0 Å². The molecule has 1 heterocycles. The van der Waals surface area contributed by atoms with Crippen LogP contribution in [0.3, 0.4) is 0 Å². The van der Waals surface area contributed by atoms with E-state index in [-0.39, 0.29) is 41.1 Å². The average molecular weight is 387 g/mol. The molecule has 2 aromatic carbocycles. The lowest BCUT2D eigenvalue weighted by Gasteiger charge is -2.17. The summed E-state index contributed by atoms with van der Waals surface area (Å²) in [6.07, 6.45) is 0. The lowest BCUT2D eigenvalue weighted by Crippen LogP contribution is -2.30. The number of rotatable bonds is 5. The Balaban J connectivity index is 1.88. The van der Waals surface area contributed by atoms with Gasteiger partial charge in [0, 0.05) is 24.6 Å². The molecule has 0 aromatic heterocycles. The first-order valence-electron chi connectivity index (χ1n) is 8.73. The maximum Gasteiger partial charge on any atom is 0.308 e. The van der Waals surface area contributed by atoms with Gasteiger partial charge in [0.05, 0.1) is 16.6 Å². The summed E-state index contributed by atoms with van der Waals surface area (Å²) in [5.74, 6) is -2.34. The van der Waals surface area contributed by atoms with Crippen molar-refractivity contribution in [2.75, 3.05) is 18.8 Å². The third-order valence-electron chi connectivity index (χ3n) is 4.97. The van der Waals surface area contributed by atoms with Crippen LogP contribution < -0.4 is 0 Å². The lowest BCUT2D eigenvalue weighted by molar-refractivity contribution is -0.141. The molecule has 2 aromatic rings. The number of carbonyl (C=O) groups excluding carboxylic acids is 1. The number of carbonyl (C=O) groups is 2. The fourth-order valence-corrected chi connectivity index (χ4v) is 4.36. The third kappa shape index (κ3) is 3.88. The Bertz CT molecular complexity index is 955. The van der Waals surface area contributed by atoms with E-state index in [4.69, 9.17) is 0 Å². The van der Waals surface area contributed by atoms with Gasteiger partial charge in [-0.15, -0.1) is 0 Å². The molecular weight excluding hydrogens is 366 g/mol. The first-order valence-corrected chi connectivity index (χ1v) is 10.4. The topological polar surface area (TPSA) is 91.8 Å². The fraction of sp³-hybridized carbons (Fsp3) is 0.300. The molecule has 142 valence electrons. The van der Waals surface area contributed by atoms with E-state index in [1.165, 1.54) is 23.1 Å². The summed E-state index contributed by atoms with van der Waals surface area (Å²) in [6.45, 7) is 1.93. The molecule has 1 N–H and O–H groups in total. The molecule has 0 bridgehead atoms. The Morgan fingerprint density at radius 2 is 1.78 bits per heavy atom. The van der Waals surface area contributed by atoms with Crippen LogP contribution in [0, 0.1) is 5.92 Å². The molecule has 2 atom stereocenters. The maximum atomic E-state index is 12.9. The number of carboxylic acids is 1. The van der Waals surface area contributed by atoms with Crippen molar-refractivity contribution >= 4 is 21.7 Å². The van der Waals surface area contributed by atoms with Gasteiger partial charge < -0.3 is 10.0 Å². The smallest absolute Gasteiger partial charge is 0.308 e. The molecule has 1 amide bonds. The van der Waals surface area contributed by atoms with E-state index in [0.29, 0.717) is 0 Å². The van der Waals surface area contributed by atoms with Crippen LogP contribution in [0.25, 0.3) is 0 Å². The summed E-state index contributed by atoms with van der Waals surface area (Å²) in [5, 5.41) is 9.58. The largest absolute Gasteiger partial charge is 0.481 e. The van der Waals surface area contributed by atoms with Crippen molar-refractivity contribution in [1.82, 2.24) is 4.90 Å². The monoisotopic (exact) mass is 387 g/mol. The molecule has 1 aliphatic heterocycles. The quantitative estimate of drug-likeness (QED) is 0.851. The minimum Gasteiger partial charge on any atom is -0.481 e. The number of carboxylic acid groups (broad SMARTS) is 1. The van der Waals surface area contributed by atoms with Gasteiger partial charge in [0.2, 0.25) is 0 Å². The Morgan fingerprint density at radius 3 is 2.41 bits per heavy atom. The van der Waals surface area contributed by atoms with Gasteiger partial charge in [0.1, 0.15) is 0 Å². The predicted molar refractivity (Wildman–Crippen MR) is 100 cm³/mol. The van der Waals surface area contributed by atoms with E-state index < -0.39 is 21.7 Å². The van der Waals surface area contributed by atoms with Crippen LogP contribution in [-0.4, -0.2) is 49.1 Å². The Morgan fingerprint density at radius 1 is 1.07 bits per heavy atom. The molecule has 27 heavy (non-hydrogen) atoms. The Hall–Kier alpha value is -2.67. The highest BCUT2D eigenvalue weighted by Crippen LogP contribution is 2.33. The summed E-state index contributed by atoms with van der Waals surface area (Å²) in [6, 6.07) is 15.2. The van der Waals surface area contributed by atoms with E-state index >= 15 is 0 Å². The second-order valence-electron chi connectivity index (χ2n) is 6.60. The maximum absolute atomic E-state index is 12.9. The van der Waals surface area contributed by atoms with Gasteiger partial charge in [0.15, 0.2) is 9.84 Å².